The van der Waals surface area contributed by atoms with Gasteiger partial charge in [-0.2, -0.15) is 0 Å². The first-order chi connectivity index (χ1) is 10.2. The minimum absolute atomic E-state index is 0.337. The molecule has 0 saturated carbocycles. The van der Waals surface area contributed by atoms with E-state index >= 15 is 0 Å². The van der Waals surface area contributed by atoms with Crippen LogP contribution in [0.15, 0.2) is 54.6 Å². The number of nitrogens with one attached hydrogen (secondary N) is 1. The Balaban J connectivity index is 1.84. The van der Waals surface area contributed by atoms with Crippen molar-refractivity contribution in [2.24, 2.45) is 0 Å². The largest absolute Gasteiger partial charge is 0.497 e. The summed E-state index contributed by atoms with van der Waals surface area (Å²) in [5.41, 5.74) is 1.68. The van der Waals surface area contributed by atoms with Crippen LogP contribution in [0.5, 0.6) is 5.75 Å². The molecule has 5 nitrogen and oxygen atoms in total. The lowest BCUT2D eigenvalue weighted by Gasteiger charge is -2.17. The van der Waals surface area contributed by atoms with Gasteiger partial charge in [0, 0.05) is 12.7 Å². The van der Waals surface area contributed by atoms with Gasteiger partial charge in [-0.05, 0) is 29.8 Å². The minimum Gasteiger partial charge on any atom is -0.497 e. The number of anilines is 1. The molecule has 0 fully saturated rings. The summed E-state index contributed by atoms with van der Waals surface area (Å²) in [6.45, 7) is 0.341. The van der Waals surface area contributed by atoms with Crippen molar-refractivity contribution in [3.05, 3.63) is 60.2 Å². The van der Waals surface area contributed by atoms with Crippen molar-refractivity contribution in [1.82, 2.24) is 5.06 Å². The highest BCUT2D eigenvalue weighted by molar-refractivity contribution is 5.88. The highest BCUT2D eigenvalue weighted by Gasteiger charge is 2.09. The lowest BCUT2D eigenvalue weighted by molar-refractivity contribution is -0.105. The summed E-state index contributed by atoms with van der Waals surface area (Å²) in [7, 11) is 3.17. The number of ether oxygens (including phenoxy) is 1. The molecule has 2 amide bonds. The molecule has 0 atom stereocenters. The number of hydroxylamine groups is 2. The topological polar surface area (TPSA) is 50.8 Å². The summed E-state index contributed by atoms with van der Waals surface area (Å²) in [4.78, 5) is 17.4. The number of hydrogen-bond donors (Lipinski definition) is 1. The predicted molar refractivity (Wildman–Crippen MR) is 81.0 cm³/mol. The van der Waals surface area contributed by atoms with E-state index in [0.29, 0.717) is 12.3 Å². The van der Waals surface area contributed by atoms with E-state index in [1.165, 1.54) is 5.06 Å². The Labute approximate surface area is 124 Å². The maximum absolute atomic E-state index is 11.9. The van der Waals surface area contributed by atoms with Crippen LogP contribution in [0.3, 0.4) is 0 Å². The fourth-order valence-electron chi connectivity index (χ4n) is 1.68. The van der Waals surface area contributed by atoms with E-state index in [4.69, 9.17) is 9.57 Å². The number of carbonyl (C=O) groups excluding carboxylic acids is 1. The second-order valence-electron chi connectivity index (χ2n) is 4.42. The molecule has 0 unspecified atom stereocenters. The molecule has 0 heterocycles. The molecule has 110 valence electrons. The lowest BCUT2D eigenvalue weighted by atomic mass is 10.2. The average molecular weight is 286 g/mol. The standard InChI is InChI=1S/C16H18N2O3/c1-18(21-12-13-6-4-3-5-7-13)16(19)17-14-8-10-15(20-2)11-9-14/h3-11H,12H2,1-2H3,(H,17,19). The molecule has 0 aliphatic rings. The van der Waals surface area contributed by atoms with Crippen molar-refractivity contribution in [2.45, 2.75) is 6.61 Å². The number of urea groups is 1. The van der Waals surface area contributed by atoms with Crippen LogP contribution in [0.1, 0.15) is 5.56 Å². The third kappa shape index (κ3) is 4.50. The van der Waals surface area contributed by atoms with Crippen molar-refractivity contribution >= 4 is 11.7 Å². The van der Waals surface area contributed by atoms with E-state index in [1.54, 1.807) is 38.4 Å². The SMILES string of the molecule is COc1ccc(NC(=O)N(C)OCc2ccccc2)cc1. The maximum Gasteiger partial charge on any atom is 0.345 e. The first kappa shape index (κ1) is 14.9. The summed E-state index contributed by atoms with van der Waals surface area (Å²) < 4.78 is 5.06. The van der Waals surface area contributed by atoms with Crippen LogP contribution < -0.4 is 10.1 Å². The number of nitrogens with zero attached hydrogens (tertiary/aromatic N) is 1. The fourth-order valence-corrected chi connectivity index (χ4v) is 1.68. The van der Waals surface area contributed by atoms with E-state index in [0.717, 1.165) is 11.3 Å². The molecule has 2 rings (SSSR count). The summed E-state index contributed by atoms with van der Waals surface area (Å²) in [6, 6.07) is 16.4. The Morgan fingerprint density at radius 2 is 1.76 bits per heavy atom. The zero-order chi connectivity index (χ0) is 15.1. The molecule has 0 aliphatic carbocycles. The number of methoxy groups -OCH3 is 1. The molecule has 2 aromatic rings. The van der Waals surface area contributed by atoms with Crippen LogP contribution in [0, 0.1) is 0 Å². The molecular weight excluding hydrogens is 268 g/mol. The number of carbonyl (C=O) groups is 1. The van der Waals surface area contributed by atoms with Crippen molar-refractivity contribution in [2.75, 3.05) is 19.5 Å². The van der Waals surface area contributed by atoms with Gasteiger partial charge >= 0.3 is 6.03 Å². The molecule has 0 aromatic heterocycles. The molecule has 2 aromatic carbocycles. The van der Waals surface area contributed by atoms with Gasteiger partial charge in [0.1, 0.15) is 12.4 Å². The Kier molecular flexibility index (Phi) is 5.17. The number of hydrogen-bond acceptors (Lipinski definition) is 3. The van der Waals surface area contributed by atoms with Gasteiger partial charge in [-0.3, -0.25) is 4.84 Å². The molecular formula is C16H18N2O3. The summed E-state index contributed by atoms with van der Waals surface area (Å²) in [5, 5.41) is 3.91. The minimum atomic E-state index is -0.337. The van der Waals surface area contributed by atoms with Crippen LogP contribution in [-0.4, -0.2) is 25.3 Å². The number of benzene rings is 2. The van der Waals surface area contributed by atoms with Gasteiger partial charge in [-0.25, -0.2) is 9.86 Å². The van der Waals surface area contributed by atoms with Crippen molar-refractivity contribution < 1.29 is 14.4 Å². The van der Waals surface area contributed by atoms with Crippen molar-refractivity contribution in [3.8, 4) is 5.75 Å². The molecule has 0 radical (unpaired) electrons. The van der Waals surface area contributed by atoms with Gasteiger partial charge in [0.25, 0.3) is 0 Å². The number of amides is 2. The van der Waals surface area contributed by atoms with Crippen molar-refractivity contribution in [3.63, 3.8) is 0 Å². The molecule has 21 heavy (non-hydrogen) atoms. The molecule has 0 spiro atoms. The van der Waals surface area contributed by atoms with E-state index in [1.807, 2.05) is 30.3 Å². The molecule has 0 saturated heterocycles. The van der Waals surface area contributed by atoms with Crippen LogP contribution in [-0.2, 0) is 11.4 Å². The second kappa shape index (κ2) is 7.31. The first-order valence-corrected chi connectivity index (χ1v) is 6.54. The van der Waals surface area contributed by atoms with Gasteiger partial charge in [0.15, 0.2) is 0 Å². The van der Waals surface area contributed by atoms with Gasteiger partial charge in [-0.1, -0.05) is 30.3 Å². The number of rotatable bonds is 5. The predicted octanol–water partition coefficient (Wildman–Crippen LogP) is 3.29. The average Bonchev–Trinajstić information content (AvgIpc) is 2.54. The Morgan fingerprint density at radius 1 is 1.10 bits per heavy atom. The van der Waals surface area contributed by atoms with Gasteiger partial charge in [0.2, 0.25) is 0 Å². The van der Waals surface area contributed by atoms with Gasteiger partial charge in [-0.15, -0.1) is 0 Å². The van der Waals surface area contributed by atoms with Crippen LogP contribution in [0.2, 0.25) is 0 Å². The summed E-state index contributed by atoms with van der Waals surface area (Å²) in [5.74, 6) is 0.738. The Morgan fingerprint density at radius 3 is 2.38 bits per heavy atom. The third-order valence-electron chi connectivity index (χ3n) is 2.89. The van der Waals surface area contributed by atoms with Crippen LogP contribution >= 0.6 is 0 Å². The summed E-state index contributed by atoms with van der Waals surface area (Å²) in [6.07, 6.45) is 0. The third-order valence-corrected chi connectivity index (χ3v) is 2.89. The van der Waals surface area contributed by atoms with E-state index in [9.17, 15) is 4.79 Å². The van der Waals surface area contributed by atoms with Crippen LogP contribution in [0.4, 0.5) is 10.5 Å². The zero-order valence-corrected chi connectivity index (χ0v) is 12.1. The first-order valence-electron chi connectivity index (χ1n) is 6.54. The highest BCUT2D eigenvalue weighted by Crippen LogP contribution is 2.15. The van der Waals surface area contributed by atoms with E-state index in [2.05, 4.69) is 5.32 Å². The van der Waals surface area contributed by atoms with Gasteiger partial charge < -0.3 is 10.1 Å². The molecule has 0 bridgehead atoms. The quantitative estimate of drug-likeness (QED) is 0.858. The Bertz CT molecular complexity index is 570. The normalized spacial score (nSPS) is 10.0. The Hall–Kier alpha value is -2.53. The maximum atomic E-state index is 11.9. The van der Waals surface area contributed by atoms with E-state index in [-0.39, 0.29) is 6.03 Å². The fraction of sp³-hybridized carbons (Fsp3) is 0.188. The van der Waals surface area contributed by atoms with E-state index < -0.39 is 0 Å². The van der Waals surface area contributed by atoms with Crippen LogP contribution in [0.25, 0.3) is 0 Å². The molecule has 1 N–H and O–H groups in total. The second-order valence-corrected chi connectivity index (χ2v) is 4.42. The zero-order valence-electron chi connectivity index (χ0n) is 12.1. The lowest BCUT2D eigenvalue weighted by Crippen LogP contribution is -2.31. The molecule has 0 aliphatic heterocycles. The van der Waals surface area contributed by atoms with Crippen molar-refractivity contribution in [1.29, 1.82) is 0 Å². The smallest absolute Gasteiger partial charge is 0.345 e. The molecule has 5 heteroatoms. The highest BCUT2D eigenvalue weighted by atomic mass is 16.7. The van der Waals surface area contributed by atoms with Gasteiger partial charge in [0.05, 0.1) is 7.11 Å². The summed E-state index contributed by atoms with van der Waals surface area (Å²) >= 11 is 0. The monoisotopic (exact) mass is 286 g/mol.